The number of allylic oxidation sites excluding steroid dienone is 7. The third-order valence-corrected chi connectivity index (χ3v) is 8.60. The molecular formula is C38H44O6. The Hall–Kier alpha value is -3.84. The summed E-state index contributed by atoms with van der Waals surface area (Å²) >= 11 is 0. The van der Waals surface area contributed by atoms with Gasteiger partial charge in [0.2, 0.25) is 0 Å². The van der Waals surface area contributed by atoms with Crippen molar-refractivity contribution in [2.45, 2.75) is 44.5 Å². The van der Waals surface area contributed by atoms with Crippen molar-refractivity contribution < 1.29 is 28.4 Å². The minimum atomic E-state index is -0.533. The van der Waals surface area contributed by atoms with Gasteiger partial charge in [0.25, 0.3) is 0 Å². The van der Waals surface area contributed by atoms with Crippen LogP contribution in [0.25, 0.3) is 0 Å². The topological polar surface area (TPSA) is 65.3 Å². The van der Waals surface area contributed by atoms with Gasteiger partial charge in [0, 0.05) is 10.8 Å². The SMILES string of the molecule is C=C(/C=C\C(=C)C(C)(C)C(=C)/C=C\C(=C)C(C)(c1ccc(OCC2CO2)cc1)c1ccc(OCC2CO2)cc1)OCC1CO1. The van der Waals surface area contributed by atoms with Gasteiger partial charge in [-0.3, -0.25) is 0 Å². The second-order valence-corrected chi connectivity index (χ2v) is 12.3. The lowest BCUT2D eigenvalue weighted by molar-refractivity contribution is 0.194. The van der Waals surface area contributed by atoms with Gasteiger partial charge < -0.3 is 28.4 Å². The van der Waals surface area contributed by atoms with Crippen LogP contribution in [0.3, 0.4) is 0 Å². The zero-order valence-electron chi connectivity index (χ0n) is 26.2. The van der Waals surface area contributed by atoms with E-state index in [0.717, 1.165) is 59.2 Å². The Morgan fingerprint density at radius 3 is 1.45 bits per heavy atom. The molecule has 0 saturated carbocycles. The number of ether oxygens (including phenoxy) is 6. The van der Waals surface area contributed by atoms with Crippen molar-refractivity contribution in [3.63, 3.8) is 0 Å². The van der Waals surface area contributed by atoms with Crippen LogP contribution in [-0.2, 0) is 24.4 Å². The van der Waals surface area contributed by atoms with Gasteiger partial charge in [-0.05, 0) is 65.1 Å². The molecule has 3 unspecified atom stereocenters. The van der Waals surface area contributed by atoms with Crippen LogP contribution < -0.4 is 9.47 Å². The van der Waals surface area contributed by atoms with Crippen molar-refractivity contribution in [1.29, 1.82) is 0 Å². The van der Waals surface area contributed by atoms with Crippen LogP contribution in [-0.4, -0.2) is 58.0 Å². The Balaban J connectivity index is 1.31. The third kappa shape index (κ3) is 8.20. The summed E-state index contributed by atoms with van der Waals surface area (Å²) < 4.78 is 33.2. The standard InChI is InChI=1S/C38H44O6/c1-26(37(5,6)27(2)10-11-29(4)39-20-34-23-42-34)8-9-28(3)38(7,30-12-16-32(17-13-30)40-21-35-24-43-35)31-14-18-33(19-15-31)41-22-36-25-44-36/h8-19,34-36H,1-4,20-25H2,5-7H3/b9-8-,11-10-. The number of epoxide rings is 3. The predicted octanol–water partition coefficient (Wildman–Crippen LogP) is 7.28. The van der Waals surface area contributed by atoms with Gasteiger partial charge in [-0.2, -0.15) is 0 Å². The van der Waals surface area contributed by atoms with E-state index >= 15 is 0 Å². The Morgan fingerprint density at radius 2 is 1.02 bits per heavy atom. The molecule has 3 aliphatic heterocycles. The first-order valence-electron chi connectivity index (χ1n) is 15.1. The first kappa shape index (κ1) is 31.6. The lowest BCUT2D eigenvalue weighted by Gasteiger charge is -2.33. The molecule has 3 heterocycles. The summed E-state index contributed by atoms with van der Waals surface area (Å²) in [6.07, 6.45) is 8.47. The molecule has 3 saturated heterocycles. The van der Waals surface area contributed by atoms with Gasteiger partial charge >= 0.3 is 0 Å². The van der Waals surface area contributed by atoms with Crippen LogP contribution in [0.2, 0.25) is 0 Å². The monoisotopic (exact) mass is 596 g/mol. The second-order valence-electron chi connectivity index (χ2n) is 12.3. The largest absolute Gasteiger partial charge is 0.491 e. The molecule has 0 N–H and O–H groups in total. The highest BCUT2D eigenvalue weighted by Gasteiger charge is 2.32. The number of hydrogen-bond acceptors (Lipinski definition) is 6. The average Bonchev–Trinajstić information content (AvgIpc) is 3.88. The highest BCUT2D eigenvalue weighted by Crippen LogP contribution is 2.41. The van der Waals surface area contributed by atoms with E-state index in [-0.39, 0.29) is 18.3 Å². The molecule has 0 radical (unpaired) electrons. The van der Waals surface area contributed by atoms with Gasteiger partial charge in [-0.1, -0.05) is 82.7 Å². The zero-order chi connectivity index (χ0) is 31.3. The maximum absolute atomic E-state index is 5.90. The van der Waals surface area contributed by atoms with Crippen LogP contribution in [0, 0.1) is 5.41 Å². The predicted molar refractivity (Wildman–Crippen MR) is 174 cm³/mol. The summed E-state index contributed by atoms with van der Waals surface area (Å²) in [5.74, 6) is 2.21. The molecule has 6 heteroatoms. The Kier molecular flexibility index (Phi) is 9.64. The van der Waals surface area contributed by atoms with Crippen molar-refractivity contribution in [1.82, 2.24) is 0 Å². The van der Waals surface area contributed by atoms with Crippen molar-refractivity contribution in [3.8, 4) is 11.5 Å². The third-order valence-electron chi connectivity index (χ3n) is 8.60. The summed E-state index contributed by atoms with van der Waals surface area (Å²) in [5.41, 5.74) is 3.97. The van der Waals surface area contributed by atoms with Crippen LogP contribution in [0.15, 0.2) is 122 Å². The van der Waals surface area contributed by atoms with E-state index < -0.39 is 10.8 Å². The molecule has 3 aliphatic rings. The first-order valence-corrected chi connectivity index (χ1v) is 15.1. The number of benzene rings is 2. The van der Waals surface area contributed by atoms with Gasteiger partial charge in [-0.25, -0.2) is 0 Å². The molecule has 3 fully saturated rings. The minimum Gasteiger partial charge on any atom is -0.491 e. The molecule has 2 aromatic carbocycles. The molecule has 6 nitrogen and oxygen atoms in total. The number of hydrogen-bond donors (Lipinski definition) is 0. The minimum absolute atomic E-state index is 0.186. The molecule has 0 spiro atoms. The molecule has 232 valence electrons. The summed E-state index contributed by atoms with van der Waals surface area (Å²) in [5, 5.41) is 0. The van der Waals surface area contributed by atoms with Gasteiger partial charge in [0.15, 0.2) is 0 Å². The smallest absolute Gasteiger partial charge is 0.119 e. The number of rotatable bonds is 18. The Labute approximate surface area is 262 Å². The van der Waals surface area contributed by atoms with Crippen LogP contribution in [0.5, 0.6) is 11.5 Å². The first-order chi connectivity index (χ1) is 21.1. The molecule has 3 atom stereocenters. The maximum atomic E-state index is 5.90. The van der Waals surface area contributed by atoms with Gasteiger partial charge in [-0.15, -0.1) is 0 Å². The van der Waals surface area contributed by atoms with E-state index in [0.29, 0.717) is 25.6 Å². The molecule has 0 bridgehead atoms. The summed E-state index contributed by atoms with van der Waals surface area (Å²) in [6.45, 7) is 27.6. The van der Waals surface area contributed by atoms with Crippen molar-refractivity contribution in [2.75, 3.05) is 39.6 Å². The van der Waals surface area contributed by atoms with Crippen LogP contribution in [0.1, 0.15) is 31.9 Å². The van der Waals surface area contributed by atoms with Gasteiger partial charge in [0.1, 0.15) is 55.4 Å². The highest BCUT2D eigenvalue weighted by molar-refractivity contribution is 5.53. The highest BCUT2D eigenvalue weighted by atomic mass is 16.6. The van der Waals surface area contributed by atoms with E-state index in [2.05, 4.69) is 77.4 Å². The molecule has 0 aliphatic carbocycles. The van der Waals surface area contributed by atoms with E-state index in [1.54, 1.807) is 0 Å². The quantitative estimate of drug-likeness (QED) is 0.102. The van der Waals surface area contributed by atoms with Gasteiger partial charge in [0.05, 0.1) is 19.8 Å². The molecule has 0 aromatic heterocycles. The maximum Gasteiger partial charge on any atom is 0.119 e. The van der Waals surface area contributed by atoms with Crippen LogP contribution in [0.4, 0.5) is 0 Å². The average molecular weight is 597 g/mol. The van der Waals surface area contributed by atoms with E-state index in [9.17, 15) is 0 Å². The van der Waals surface area contributed by atoms with Crippen molar-refractivity contribution in [2.24, 2.45) is 5.41 Å². The molecule has 5 rings (SSSR count). The Morgan fingerprint density at radius 1 is 0.636 bits per heavy atom. The second kappa shape index (κ2) is 13.4. The molecule has 2 aromatic rings. The summed E-state index contributed by atoms with van der Waals surface area (Å²) in [4.78, 5) is 0. The van der Waals surface area contributed by atoms with E-state index in [4.69, 9.17) is 28.4 Å². The normalized spacial score (nSPS) is 21.8. The molecule has 0 amide bonds. The molecule has 44 heavy (non-hydrogen) atoms. The lowest BCUT2D eigenvalue weighted by Crippen LogP contribution is -2.25. The summed E-state index contributed by atoms with van der Waals surface area (Å²) in [6, 6.07) is 16.4. The fourth-order valence-corrected chi connectivity index (χ4v) is 4.61. The lowest BCUT2D eigenvalue weighted by atomic mass is 9.70. The van der Waals surface area contributed by atoms with Crippen molar-refractivity contribution >= 4 is 0 Å². The van der Waals surface area contributed by atoms with E-state index in [1.807, 2.05) is 42.5 Å². The fraction of sp³-hybridized carbons (Fsp3) is 0.368. The molecular weight excluding hydrogens is 552 g/mol. The Bertz CT molecular complexity index is 1360. The van der Waals surface area contributed by atoms with Crippen molar-refractivity contribution in [3.05, 3.63) is 133 Å². The van der Waals surface area contributed by atoms with Crippen LogP contribution >= 0.6 is 0 Å². The zero-order valence-corrected chi connectivity index (χ0v) is 26.2. The fourth-order valence-electron chi connectivity index (χ4n) is 4.61. The summed E-state index contributed by atoms with van der Waals surface area (Å²) in [7, 11) is 0. The van der Waals surface area contributed by atoms with E-state index in [1.165, 1.54) is 0 Å².